The van der Waals surface area contributed by atoms with Crippen molar-refractivity contribution in [2.45, 2.75) is 18.0 Å². The van der Waals surface area contributed by atoms with Crippen molar-refractivity contribution >= 4 is 46.0 Å². The fraction of sp³-hybridized carbons (Fsp3) is 0.130. The van der Waals surface area contributed by atoms with E-state index in [0.29, 0.717) is 16.6 Å². The number of nitrogens with one attached hydrogen (secondary N) is 1. The molecule has 0 bridgehead atoms. The minimum atomic E-state index is -0.129. The molecule has 1 heterocycles. The van der Waals surface area contributed by atoms with Gasteiger partial charge in [-0.2, -0.15) is 0 Å². The highest BCUT2D eigenvalue weighted by molar-refractivity contribution is 7.98. The maximum atomic E-state index is 12.8. The molecule has 0 saturated carbocycles. The number of para-hydroxylation sites is 3. The summed E-state index contributed by atoms with van der Waals surface area (Å²) in [5, 5.41) is 3.50. The lowest BCUT2D eigenvalue weighted by Crippen LogP contribution is -2.20. The fourth-order valence-corrected chi connectivity index (χ4v) is 3.81. The SMILES string of the molecule is CSc1cccc(NC(=O)Cn2c(COc3ccccc3Cl)nc3ccccc32)c1. The Morgan fingerprint density at radius 1 is 1.10 bits per heavy atom. The Morgan fingerprint density at radius 3 is 2.73 bits per heavy atom. The number of nitrogens with zero attached hydrogens (tertiary/aromatic N) is 2. The van der Waals surface area contributed by atoms with Gasteiger partial charge in [0.25, 0.3) is 0 Å². The van der Waals surface area contributed by atoms with Crippen LogP contribution in [0.3, 0.4) is 0 Å². The van der Waals surface area contributed by atoms with Crippen molar-refractivity contribution < 1.29 is 9.53 Å². The predicted octanol–water partition coefficient (Wildman–Crippen LogP) is 5.63. The van der Waals surface area contributed by atoms with Gasteiger partial charge in [0, 0.05) is 10.6 Å². The number of aromatic nitrogens is 2. The molecule has 152 valence electrons. The highest BCUT2D eigenvalue weighted by atomic mass is 35.5. The summed E-state index contributed by atoms with van der Waals surface area (Å²) in [5.74, 6) is 1.11. The number of amides is 1. The summed E-state index contributed by atoms with van der Waals surface area (Å²) < 4.78 is 7.75. The summed E-state index contributed by atoms with van der Waals surface area (Å²) in [7, 11) is 0. The molecule has 0 saturated heterocycles. The first kappa shape index (κ1) is 20.3. The Hall–Kier alpha value is -2.96. The van der Waals surface area contributed by atoms with Gasteiger partial charge in [0.2, 0.25) is 5.91 Å². The lowest BCUT2D eigenvalue weighted by atomic mass is 10.3. The van der Waals surface area contributed by atoms with Crippen LogP contribution in [0.4, 0.5) is 5.69 Å². The average molecular weight is 438 g/mol. The molecule has 0 fully saturated rings. The number of carbonyl (C=O) groups is 1. The summed E-state index contributed by atoms with van der Waals surface area (Å²) in [6.45, 7) is 0.332. The van der Waals surface area contributed by atoms with Gasteiger partial charge in [0.05, 0.1) is 16.1 Å². The monoisotopic (exact) mass is 437 g/mol. The average Bonchev–Trinajstić information content (AvgIpc) is 3.10. The molecule has 0 spiro atoms. The molecule has 3 aromatic carbocycles. The summed E-state index contributed by atoms with van der Waals surface area (Å²) >= 11 is 7.82. The van der Waals surface area contributed by atoms with E-state index in [4.69, 9.17) is 16.3 Å². The van der Waals surface area contributed by atoms with Gasteiger partial charge >= 0.3 is 0 Å². The number of imidazole rings is 1. The van der Waals surface area contributed by atoms with E-state index < -0.39 is 0 Å². The number of hydrogen-bond donors (Lipinski definition) is 1. The number of thioether (sulfide) groups is 1. The molecule has 0 aliphatic heterocycles. The van der Waals surface area contributed by atoms with Crippen LogP contribution < -0.4 is 10.1 Å². The molecule has 1 amide bonds. The van der Waals surface area contributed by atoms with Crippen LogP contribution in [0.5, 0.6) is 5.75 Å². The van der Waals surface area contributed by atoms with Gasteiger partial charge in [-0.15, -0.1) is 11.8 Å². The van der Waals surface area contributed by atoms with E-state index in [1.807, 2.05) is 71.5 Å². The Bertz CT molecular complexity index is 1190. The van der Waals surface area contributed by atoms with Crippen LogP contribution in [0.15, 0.2) is 77.7 Å². The van der Waals surface area contributed by atoms with E-state index in [0.717, 1.165) is 21.6 Å². The number of halogens is 1. The second-order valence-corrected chi connectivity index (χ2v) is 7.89. The molecular weight excluding hydrogens is 418 g/mol. The number of benzene rings is 3. The Kier molecular flexibility index (Phi) is 6.26. The second kappa shape index (κ2) is 9.24. The molecule has 5 nitrogen and oxygen atoms in total. The zero-order chi connectivity index (χ0) is 20.9. The third-order valence-corrected chi connectivity index (χ3v) is 5.62. The zero-order valence-corrected chi connectivity index (χ0v) is 17.9. The van der Waals surface area contributed by atoms with Gasteiger partial charge in [-0.25, -0.2) is 4.98 Å². The number of hydrogen-bond acceptors (Lipinski definition) is 4. The van der Waals surface area contributed by atoms with Crippen LogP contribution in [0.2, 0.25) is 5.02 Å². The third kappa shape index (κ3) is 4.61. The maximum Gasteiger partial charge on any atom is 0.244 e. The molecule has 0 aliphatic rings. The summed E-state index contributed by atoms with van der Waals surface area (Å²) in [4.78, 5) is 18.5. The largest absolute Gasteiger partial charge is 0.484 e. The topological polar surface area (TPSA) is 56.2 Å². The normalized spacial score (nSPS) is 10.9. The van der Waals surface area contributed by atoms with Crippen LogP contribution in [0, 0.1) is 0 Å². The van der Waals surface area contributed by atoms with Crippen LogP contribution >= 0.6 is 23.4 Å². The zero-order valence-electron chi connectivity index (χ0n) is 16.3. The van der Waals surface area contributed by atoms with Crippen LogP contribution in [-0.2, 0) is 17.9 Å². The van der Waals surface area contributed by atoms with Crippen molar-refractivity contribution in [3.8, 4) is 5.75 Å². The Morgan fingerprint density at radius 2 is 1.90 bits per heavy atom. The highest BCUT2D eigenvalue weighted by Gasteiger charge is 2.15. The van der Waals surface area contributed by atoms with E-state index in [-0.39, 0.29) is 19.1 Å². The van der Waals surface area contributed by atoms with Crippen LogP contribution in [0.25, 0.3) is 11.0 Å². The molecule has 4 aromatic rings. The Labute approximate surface area is 184 Å². The Balaban J connectivity index is 1.56. The van der Waals surface area contributed by atoms with Gasteiger partial charge in [0.1, 0.15) is 24.7 Å². The molecule has 0 unspecified atom stereocenters. The summed E-state index contributed by atoms with van der Waals surface area (Å²) in [6, 6.07) is 22.8. The molecule has 1 aromatic heterocycles. The van der Waals surface area contributed by atoms with Gasteiger partial charge < -0.3 is 14.6 Å². The van der Waals surface area contributed by atoms with Crippen LogP contribution in [0.1, 0.15) is 5.82 Å². The molecule has 4 rings (SSSR count). The first-order valence-electron chi connectivity index (χ1n) is 9.39. The van der Waals surface area contributed by atoms with Crippen molar-refractivity contribution in [1.29, 1.82) is 0 Å². The van der Waals surface area contributed by atoms with E-state index in [1.165, 1.54) is 0 Å². The number of carbonyl (C=O) groups excluding carboxylic acids is 1. The van der Waals surface area contributed by atoms with Gasteiger partial charge in [0.15, 0.2) is 0 Å². The van der Waals surface area contributed by atoms with Crippen molar-refractivity contribution in [1.82, 2.24) is 9.55 Å². The van der Waals surface area contributed by atoms with E-state index in [9.17, 15) is 4.79 Å². The lowest BCUT2D eigenvalue weighted by molar-refractivity contribution is -0.116. The third-order valence-electron chi connectivity index (χ3n) is 4.58. The minimum absolute atomic E-state index is 0.129. The molecule has 0 aliphatic carbocycles. The predicted molar refractivity (Wildman–Crippen MR) is 122 cm³/mol. The first-order valence-corrected chi connectivity index (χ1v) is 11.0. The van der Waals surface area contributed by atoms with Gasteiger partial charge in [-0.05, 0) is 48.7 Å². The van der Waals surface area contributed by atoms with E-state index >= 15 is 0 Å². The molecule has 0 atom stereocenters. The highest BCUT2D eigenvalue weighted by Crippen LogP contribution is 2.25. The van der Waals surface area contributed by atoms with Crippen LogP contribution in [-0.4, -0.2) is 21.7 Å². The lowest BCUT2D eigenvalue weighted by Gasteiger charge is -2.12. The maximum absolute atomic E-state index is 12.8. The number of rotatable bonds is 7. The first-order chi connectivity index (χ1) is 14.6. The second-order valence-electron chi connectivity index (χ2n) is 6.60. The van der Waals surface area contributed by atoms with Crippen molar-refractivity contribution in [2.75, 3.05) is 11.6 Å². The van der Waals surface area contributed by atoms with Crippen molar-refractivity contribution in [2.24, 2.45) is 0 Å². The molecule has 7 heteroatoms. The molecule has 1 N–H and O–H groups in total. The quantitative estimate of drug-likeness (QED) is 0.381. The smallest absolute Gasteiger partial charge is 0.244 e. The summed E-state index contributed by atoms with van der Waals surface area (Å²) in [5.41, 5.74) is 2.46. The minimum Gasteiger partial charge on any atom is -0.484 e. The van der Waals surface area contributed by atoms with Crippen molar-refractivity contribution in [3.63, 3.8) is 0 Å². The fourth-order valence-electron chi connectivity index (χ4n) is 3.16. The van der Waals surface area contributed by atoms with Gasteiger partial charge in [-0.1, -0.05) is 41.9 Å². The molecule has 30 heavy (non-hydrogen) atoms. The van der Waals surface area contributed by atoms with Gasteiger partial charge in [-0.3, -0.25) is 4.79 Å². The number of fused-ring (bicyclic) bond motifs is 1. The van der Waals surface area contributed by atoms with Crippen molar-refractivity contribution in [3.05, 3.63) is 83.6 Å². The molecular formula is C23H20ClN3O2S. The number of anilines is 1. The van der Waals surface area contributed by atoms with E-state index in [1.54, 1.807) is 23.9 Å². The summed E-state index contributed by atoms with van der Waals surface area (Å²) in [6.07, 6.45) is 2.00. The van der Waals surface area contributed by atoms with E-state index in [2.05, 4.69) is 10.3 Å². The number of ether oxygens (including phenoxy) is 1. The standard InChI is InChI=1S/C23H20ClN3O2S/c1-30-17-8-6-7-16(13-17)25-23(28)14-27-20-11-4-3-10-19(20)26-22(27)15-29-21-12-5-2-9-18(21)24/h2-13H,14-15H2,1H3,(H,25,28). The molecule has 0 radical (unpaired) electrons.